The van der Waals surface area contributed by atoms with Gasteiger partial charge in [-0.1, -0.05) is 12.2 Å². The summed E-state index contributed by atoms with van der Waals surface area (Å²) in [5.41, 5.74) is 0.559. The van der Waals surface area contributed by atoms with E-state index in [0.29, 0.717) is 5.57 Å². The number of rotatable bonds is 2. The molecule has 0 fully saturated rings. The number of hydrogen-bond donors (Lipinski definition) is 0. The fourth-order valence-electron chi connectivity index (χ4n) is 0.168. The molecule has 0 aliphatic carbocycles. The van der Waals surface area contributed by atoms with Crippen LogP contribution < -0.4 is 0 Å². The van der Waals surface area contributed by atoms with E-state index in [1.54, 1.807) is 6.92 Å². The summed E-state index contributed by atoms with van der Waals surface area (Å²) in [6, 6.07) is 0. The van der Waals surface area contributed by atoms with E-state index < -0.39 is 10.1 Å². The van der Waals surface area contributed by atoms with E-state index in [0.717, 1.165) is 0 Å². The minimum absolute atomic E-state index is 0.559. The highest BCUT2D eigenvalue weighted by Crippen LogP contribution is 2.25. The number of carbonyl (C=O) groups excluding carboxylic acids is 1. The van der Waals surface area contributed by atoms with Crippen LogP contribution >= 0.6 is 23.2 Å². The van der Waals surface area contributed by atoms with Gasteiger partial charge in [0.1, 0.15) is 4.87 Å². The fourth-order valence-corrected chi connectivity index (χ4v) is 0.329. The van der Waals surface area contributed by atoms with E-state index in [2.05, 4.69) is 6.58 Å². The molecule has 1 nitrogen and oxygen atoms in total. The van der Waals surface area contributed by atoms with Crippen LogP contribution in [0.4, 0.5) is 0 Å². The van der Waals surface area contributed by atoms with E-state index >= 15 is 0 Å². The molecule has 0 spiro atoms. The first-order chi connectivity index (χ1) is 3.89. The third-order valence-corrected chi connectivity index (χ3v) is 2.14. The molecule has 0 aromatic carbocycles. The summed E-state index contributed by atoms with van der Waals surface area (Å²) in [5, 5.41) is -0.586. The fraction of sp³-hybridized carbons (Fsp3) is 0.500. The van der Waals surface area contributed by atoms with Crippen LogP contribution in [0.5, 0.6) is 0 Å². The molecule has 0 radical (unpaired) electrons. The van der Waals surface area contributed by atoms with Gasteiger partial charge in [0.2, 0.25) is 5.24 Å². The second-order valence-corrected chi connectivity index (χ2v) is 3.16. The number of halogens is 2. The molecule has 0 N–H and O–H groups in total. The van der Waals surface area contributed by atoms with Crippen LogP contribution in [-0.2, 0) is 4.79 Å². The van der Waals surface area contributed by atoms with Crippen molar-refractivity contribution in [2.24, 2.45) is 0 Å². The van der Waals surface area contributed by atoms with Crippen LogP contribution in [-0.4, -0.2) is 10.1 Å². The lowest BCUT2D eigenvalue weighted by Crippen LogP contribution is -2.25. The van der Waals surface area contributed by atoms with Gasteiger partial charge in [0.25, 0.3) is 0 Å². The lowest BCUT2D eigenvalue weighted by atomic mass is 10.1. The summed E-state index contributed by atoms with van der Waals surface area (Å²) in [6.07, 6.45) is 0. The van der Waals surface area contributed by atoms with Gasteiger partial charge in [-0.3, -0.25) is 4.79 Å². The maximum Gasteiger partial charge on any atom is 0.246 e. The molecule has 0 aromatic heterocycles. The van der Waals surface area contributed by atoms with E-state index in [9.17, 15) is 4.79 Å². The standard InChI is InChI=1S/C6H8Cl2O/c1-4(2)6(3,8)5(7)9/h1H2,2-3H3. The largest absolute Gasteiger partial charge is 0.279 e. The van der Waals surface area contributed by atoms with Crippen molar-refractivity contribution in [3.8, 4) is 0 Å². The van der Waals surface area contributed by atoms with E-state index in [1.165, 1.54) is 6.92 Å². The van der Waals surface area contributed by atoms with Crippen molar-refractivity contribution >= 4 is 28.4 Å². The van der Waals surface area contributed by atoms with Gasteiger partial charge < -0.3 is 0 Å². The summed E-state index contributed by atoms with van der Waals surface area (Å²) >= 11 is 10.8. The van der Waals surface area contributed by atoms with Crippen molar-refractivity contribution in [2.75, 3.05) is 0 Å². The van der Waals surface area contributed by atoms with Crippen LogP contribution in [0, 0.1) is 0 Å². The highest BCUT2D eigenvalue weighted by molar-refractivity contribution is 6.71. The minimum atomic E-state index is -1.10. The zero-order chi connectivity index (χ0) is 7.65. The molecule has 52 valence electrons. The smallest absolute Gasteiger partial charge is 0.246 e. The highest BCUT2D eigenvalue weighted by Gasteiger charge is 2.29. The minimum Gasteiger partial charge on any atom is -0.279 e. The summed E-state index contributed by atoms with van der Waals surface area (Å²) < 4.78 is 0. The molecule has 9 heavy (non-hydrogen) atoms. The topological polar surface area (TPSA) is 17.1 Å². The molecule has 3 heteroatoms. The molecule has 0 bridgehead atoms. The van der Waals surface area contributed by atoms with Crippen molar-refractivity contribution in [3.05, 3.63) is 12.2 Å². The lowest BCUT2D eigenvalue weighted by Gasteiger charge is -2.15. The maximum absolute atomic E-state index is 10.5. The average molecular weight is 167 g/mol. The zero-order valence-electron chi connectivity index (χ0n) is 5.37. The van der Waals surface area contributed by atoms with Crippen molar-refractivity contribution in [3.63, 3.8) is 0 Å². The Morgan fingerprint density at radius 3 is 2.00 bits per heavy atom. The Balaban J connectivity index is 4.38. The van der Waals surface area contributed by atoms with Crippen molar-refractivity contribution in [1.82, 2.24) is 0 Å². The van der Waals surface area contributed by atoms with Crippen LogP contribution in [0.3, 0.4) is 0 Å². The monoisotopic (exact) mass is 166 g/mol. The third kappa shape index (κ3) is 1.99. The molecular formula is C6H8Cl2O. The van der Waals surface area contributed by atoms with Gasteiger partial charge in [-0.2, -0.15) is 0 Å². The van der Waals surface area contributed by atoms with Gasteiger partial charge in [0, 0.05) is 0 Å². The highest BCUT2D eigenvalue weighted by atomic mass is 35.5. The Hall–Kier alpha value is -0.0100. The number of alkyl halides is 1. The predicted octanol–water partition coefficient (Wildman–Crippen LogP) is 2.33. The molecule has 0 saturated carbocycles. The Kier molecular flexibility index (Phi) is 2.71. The average Bonchev–Trinajstić information content (AvgIpc) is 1.65. The second kappa shape index (κ2) is 2.72. The first-order valence-electron chi connectivity index (χ1n) is 2.44. The summed E-state index contributed by atoms with van der Waals surface area (Å²) in [7, 11) is 0. The van der Waals surface area contributed by atoms with Gasteiger partial charge >= 0.3 is 0 Å². The van der Waals surface area contributed by atoms with E-state index in [-0.39, 0.29) is 0 Å². The molecule has 0 aromatic rings. The first kappa shape index (κ1) is 8.99. The molecule has 0 heterocycles. The van der Waals surface area contributed by atoms with E-state index in [1.807, 2.05) is 0 Å². The third-order valence-electron chi connectivity index (χ3n) is 1.17. The van der Waals surface area contributed by atoms with Gasteiger partial charge in [0.05, 0.1) is 0 Å². The zero-order valence-corrected chi connectivity index (χ0v) is 6.88. The predicted molar refractivity (Wildman–Crippen MR) is 39.9 cm³/mol. The summed E-state index contributed by atoms with van der Waals surface area (Å²) in [6.45, 7) is 6.69. The van der Waals surface area contributed by atoms with Gasteiger partial charge in [-0.25, -0.2) is 0 Å². The summed E-state index contributed by atoms with van der Waals surface area (Å²) in [5.74, 6) is 0. The Bertz CT molecular complexity index is 133. The van der Waals surface area contributed by atoms with Crippen LogP contribution in [0.2, 0.25) is 0 Å². The number of carbonyl (C=O) groups is 1. The van der Waals surface area contributed by atoms with Crippen LogP contribution in [0.1, 0.15) is 13.8 Å². The lowest BCUT2D eigenvalue weighted by molar-refractivity contribution is -0.112. The summed E-state index contributed by atoms with van der Waals surface area (Å²) in [4.78, 5) is 9.38. The van der Waals surface area contributed by atoms with E-state index in [4.69, 9.17) is 23.2 Å². The molecule has 0 rings (SSSR count). The molecule has 0 aliphatic heterocycles. The van der Waals surface area contributed by atoms with Gasteiger partial charge in [0.15, 0.2) is 0 Å². The number of hydrogen-bond acceptors (Lipinski definition) is 1. The van der Waals surface area contributed by atoms with Crippen LogP contribution in [0.25, 0.3) is 0 Å². The second-order valence-electron chi connectivity index (χ2n) is 2.06. The van der Waals surface area contributed by atoms with Crippen molar-refractivity contribution < 1.29 is 4.79 Å². The number of allylic oxidation sites excluding steroid dienone is 1. The Labute approximate surface area is 64.6 Å². The Morgan fingerprint density at radius 2 is 2.00 bits per heavy atom. The molecule has 0 amide bonds. The quantitative estimate of drug-likeness (QED) is 0.350. The SMILES string of the molecule is C=C(C)C(C)(Cl)C(=O)Cl. The Morgan fingerprint density at radius 1 is 1.67 bits per heavy atom. The van der Waals surface area contributed by atoms with Crippen molar-refractivity contribution in [1.29, 1.82) is 0 Å². The molecule has 0 aliphatic rings. The first-order valence-corrected chi connectivity index (χ1v) is 3.19. The van der Waals surface area contributed by atoms with Crippen molar-refractivity contribution in [2.45, 2.75) is 18.7 Å². The normalized spacial score (nSPS) is 16.4. The molecule has 0 saturated heterocycles. The molecule has 1 unspecified atom stereocenters. The van der Waals surface area contributed by atoms with Crippen LogP contribution in [0.15, 0.2) is 12.2 Å². The molecule has 1 atom stereocenters. The van der Waals surface area contributed by atoms with Gasteiger partial charge in [-0.05, 0) is 25.4 Å². The van der Waals surface area contributed by atoms with Gasteiger partial charge in [-0.15, -0.1) is 11.6 Å². The molecular weight excluding hydrogens is 159 g/mol. The maximum atomic E-state index is 10.5.